The van der Waals surface area contributed by atoms with Gasteiger partial charge in [-0.15, -0.1) is 0 Å². The quantitative estimate of drug-likeness (QED) is 0.621. The molecule has 2 aliphatic rings. The minimum Gasteiger partial charge on any atom is -0.307 e. The Labute approximate surface area is 186 Å². The van der Waals surface area contributed by atoms with Crippen LogP contribution in [0.4, 0.5) is 4.39 Å². The van der Waals surface area contributed by atoms with Gasteiger partial charge in [0.1, 0.15) is 11.6 Å². The Bertz CT molecular complexity index is 1070. The summed E-state index contributed by atoms with van der Waals surface area (Å²) < 4.78 is 41.9. The molecule has 0 radical (unpaired) electrons. The summed E-state index contributed by atoms with van der Waals surface area (Å²) in [5, 5.41) is 5.11. The molecule has 2 aromatic rings. The molecule has 2 saturated heterocycles. The van der Waals surface area contributed by atoms with Crippen LogP contribution in [0.25, 0.3) is 0 Å². The Kier molecular flexibility index (Phi) is 6.32. The van der Waals surface area contributed by atoms with E-state index < -0.39 is 9.84 Å². The molecule has 0 saturated carbocycles. The van der Waals surface area contributed by atoms with Crippen molar-refractivity contribution in [1.82, 2.24) is 24.1 Å². The summed E-state index contributed by atoms with van der Waals surface area (Å²) >= 11 is 11.7. The smallest absolute Gasteiger partial charge is 0.198 e. The minimum atomic E-state index is -2.98. The third kappa shape index (κ3) is 4.62. The van der Waals surface area contributed by atoms with Crippen LogP contribution in [0.15, 0.2) is 18.2 Å². The highest BCUT2D eigenvalue weighted by molar-refractivity contribution is 7.91. The Hall–Kier alpha value is -1.33. The standard InChI is InChI=1S/C19H25ClFN5O2S2/c1-23-18(14-5-10-30(27,28)12-14)22-26(19(23)29)13-25-8-6-24(7-9-25)11-15-16(20)3-2-4-17(15)21/h2-4,14H,5-13H2,1H3. The number of sulfone groups is 1. The van der Waals surface area contributed by atoms with E-state index in [1.54, 1.807) is 16.8 Å². The topological polar surface area (TPSA) is 63.4 Å². The van der Waals surface area contributed by atoms with Gasteiger partial charge in [-0.25, -0.2) is 17.5 Å². The van der Waals surface area contributed by atoms with Crippen molar-refractivity contribution in [2.24, 2.45) is 7.05 Å². The van der Waals surface area contributed by atoms with E-state index in [4.69, 9.17) is 23.8 Å². The van der Waals surface area contributed by atoms with E-state index in [-0.39, 0.29) is 23.2 Å². The van der Waals surface area contributed by atoms with Crippen LogP contribution in [0.1, 0.15) is 23.7 Å². The maximum atomic E-state index is 14.0. The van der Waals surface area contributed by atoms with Gasteiger partial charge in [0.2, 0.25) is 0 Å². The monoisotopic (exact) mass is 473 g/mol. The fourth-order valence-corrected chi connectivity index (χ4v) is 6.29. The minimum absolute atomic E-state index is 0.0923. The van der Waals surface area contributed by atoms with Gasteiger partial charge >= 0.3 is 0 Å². The zero-order valence-corrected chi connectivity index (χ0v) is 19.2. The number of nitrogens with zero attached hydrogens (tertiary/aromatic N) is 5. The first-order valence-electron chi connectivity index (χ1n) is 9.95. The van der Waals surface area contributed by atoms with E-state index in [0.29, 0.717) is 35.0 Å². The second-order valence-corrected chi connectivity index (χ2v) is 11.0. The lowest BCUT2D eigenvalue weighted by atomic mass is 10.1. The first-order chi connectivity index (χ1) is 14.2. The molecular weight excluding hydrogens is 449 g/mol. The van der Waals surface area contributed by atoms with E-state index in [1.807, 2.05) is 11.6 Å². The van der Waals surface area contributed by atoms with Crippen molar-refractivity contribution in [3.05, 3.63) is 45.2 Å². The number of halogens is 2. The lowest BCUT2D eigenvalue weighted by Gasteiger charge is -2.34. The zero-order chi connectivity index (χ0) is 21.5. The molecule has 0 N–H and O–H groups in total. The fraction of sp³-hybridized carbons (Fsp3) is 0.579. The Balaban J connectivity index is 1.38. The van der Waals surface area contributed by atoms with Gasteiger partial charge in [0, 0.05) is 56.3 Å². The van der Waals surface area contributed by atoms with E-state index in [9.17, 15) is 12.8 Å². The van der Waals surface area contributed by atoms with Crippen LogP contribution in [0.5, 0.6) is 0 Å². The molecule has 164 valence electrons. The molecule has 0 spiro atoms. The van der Waals surface area contributed by atoms with Crippen molar-refractivity contribution in [3.8, 4) is 0 Å². The molecule has 4 rings (SSSR count). The molecule has 1 unspecified atom stereocenters. The lowest BCUT2D eigenvalue weighted by Crippen LogP contribution is -2.46. The number of benzene rings is 1. The third-order valence-corrected chi connectivity index (χ3v) is 8.52. The molecular formula is C19H25ClFN5O2S2. The molecule has 1 aromatic heterocycles. The van der Waals surface area contributed by atoms with Gasteiger partial charge < -0.3 is 4.57 Å². The summed E-state index contributed by atoms with van der Waals surface area (Å²) in [5.74, 6) is 0.736. The van der Waals surface area contributed by atoms with Crippen LogP contribution < -0.4 is 0 Å². The second-order valence-electron chi connectivity index (χ2n) is 8.04. The van der Waals surface area contributed by atoms with Gasteiger partial charge in [0.05, 0.1) is 18.2 Å². The second kappa shape index (κ2) is 8.66. The summed E-state index contributed by atoms with van der Waals surface area (Å²) in [4.78, 5) is 4.44. The van der Waals surface area contributed by atoms with E-state index in [0.717, 1.165) is 32.0 Å². The maximum absolute atomic E-state index is 14.0. The number of piperazine rings is 1. The molecule has 30 heavy (non-hydrogen) atoms. The average Bonchev–Trinajstić information content (AvgIpc) is 3.20. The van der Waals surface area contributed by atoms with Crippen LogP contribution in [-0.2, 0) is 30.1 Å². The van der Waals surface area contributed by atoms with E-state index in [1.165, 1.54) is 6.07 Å². The van der Waals surface area contributed by atoms with Gasteiger partial charge in [0.15, 0.2) is 14.6 Å². The molecule has 11 heteroatoms. The van der Waals surface area contributed by atoms with Crippen LogP contribution >= 0.6 is 23.8 Å². The molecule has 2 aliphatic heterocycles. The summed E-state index contributed by atoms with van der Waals surface area (Å²) in [5.41, 5.74) is 0.538. The van der Waals surface area contributed by atoms with Crippen LogP contribution in [0.2, 0.25) is 5.02 Å². The van der Waals surface area contributed by atoms with Gasteiger partial charge in [-0.05, 0) is 30.8 Å². The van der Waals surface area contributed by atoms with Gasteiger partial charge in [-0.2, -0.15) is 5.10 Å². The lowest BCUT2D eigenvalue weighted by molar-refractivity contribution is 0.0972. The normalized spacial score (nSPS) is 22.6. The van der Waals surface area contributed by atoms with Crippen LogP contribution in [0, 0.1) is 10.6 Å². The highest BCUT2D eigenvalue weighted by Gasteiger charge is 2.32. The van der Waals surface area contributed by atoms with Gasteiger partial charge in [0.25, 0.3) is 0 Å². The molecule has 1 aromatic carbocycles. The predicted molar refractivity (Wildman–Crippen MR) is 116 cm³/mol. The number of hydrogen-bond donors (Lipinski definition) is 0. The van der Waals surface area contributed by atoms with Gasteiger partial charge in [-0.1, -0.05) is 17.7 Å². The van der Waals surface area contributed by atoms with E-state index >= 15 is 0 Å². The van der Waals surface area contributed by atoms with E-state index in [2.05, 4.69) is 14.9 Å². The van der Waals surface area contributed by atoms with Crippen molar-refractivity contribution in [3.63, 3.8) is 0 Å². The Morgan fingerprint density at radius 3 is 2.57 bits per heavy atom. The van der Waals surface area contributed by atoms with Crippen LogP contribution in [-0.4, -0.2) is 70.2 Å². The number of hydrogen-bond acceptors (Lipinski definition) is 6. The highest BCUT2D eigenvalue weighted by atomic mass is 35.5. The van der Waals surface area contributed by atoms with Gasteiger partial charge in [-0.3, -0.25) is 9.80 Å². The molecule has 3 heterocycles. The summed E-state index contributed by atoms with van der Waals surface area (Å²) in [6.07, 6.45) is 0.596. The zero-order valence-electron chi connectivity index (χ0n) is 16.8. The average molecular weight is 474 g/mol. The molecule has 2 fully saturated rings. The summed E-state index contributed by atoms with van der Waals surface area (Å²) in [7, 11) is -1.13. The highest BCUT2D eigenvalue weighted by Crippen LogP contribution is 2.27. The van der Waals surface area contributed by atoms with Crippen molar-refractivity contribution in [1.29, 1.82) is 0 Å². The summed E-state index contributed by atoms with van der Waals surface area (Å²) in [6.45, 7) is 4.23. The first-order valence-corrected chi connectivity index (χ1v) is 12.6. The third-order valence-electron chi connectivity index (χ3n) is 5.91. The van der Waals surface area contributed by atoms with Crippen molar-refractivity contribution in [2.75, 3.05) is 37.7 Å². The molecule has 7 nitrogen and oxygen atoms in total. The Morgan fingerprint density at radius 1 is 1.23 bits per heavy atom. The SMILES string of the molecule is Cn1c(C2CCS(=O)(=O)C2)nn(CN2CCN(Cc3c(F)cccc3Cl)CC2)c1=S. The van der Waals surface area contributed by atoms with Crippen molar-refractivity contribution < 1.29 is 12.8 Å². The maximum Gasteiger partial charge on any atom is 0.198 e. The van der Waals surface area contributed by atoms with Crippen molar-refractivity contribution in [2.45, 2.75) is 25.6 Å². The fourth-order valence-electron chi connectivity index (χ4n) is 4.14. The summed E-state index contributed by atoms with van der Waals surface area (Å²) in [6, 6.07) is 4.77. The Morgan fingerprint density at radius 2 is 1.93 bits per heavy atom. The predicted octanol–water partition coefficient (Wildman–Crippen LogP) is 2.42. The molecule has 0 amide bonds. The molecule has 0 aliphatic carbocycles. The van der Waals surface area contributed by atoms with Crippen molar-refractivity contribution >= 4 is 33.7 Å². The number of rotatable bonds is 5. The number of aromatic nitrogens is 3. The molecule has 1 atom stereocenters. The largest absolute Gasteiger partial charge is 0.307 e. The first kappa shape index (κ1) is 21.9. The van der Waals surface area contributed by atoms with Crippen LogP contribution in [0.3, 0.4) is 0 Å². The molecule has 0 bridgehead atoms.